The molecule has 1 atom stereocenters. The van der Waals surface area contributed by atoms with Gasteiger partial charge in [0.2, 0.25) is 0 Å². The van der Waals surface area contributed by atoms with Gasteiger partial charge < -0.3 is 9.63 Å². The molecule has 6 heteroatoms. The molecular formula is C13H17N3O2S. The van der Waals surface area contributed by atoms with E-state index in [2.05, 4.69) is 15.0 Å². The second kappa shape index (κ2) is 5.81. The molecule has 1 N–H and O–H groups in total. The molecule has 0 bridgehead atoms. The van der Waals surface area contributed by atoms with E-state index in [0.717, 1.165) is 18.5 Å². The van der Waals surface area contributed by atoms with Crippen LogP contribution < -0.4 is 0 Å². The van der Waals surface area contributed by atoms with Crippen LogP contribution in [0.15, 0.2) is 21.3 Å². The topological polar surface area (TPSA) is 62.4 Å². The molecule has 102 valence electrons. The number of nitrogens with zero attached hydrogens (tertiary/aromatic N) is 3. The normalized spacial score (nSPS) is 20.8. The van der Waals surface area contributed by atoms with Gasteiger partial charge in [0.1, 0.15) is 0 Å². The maximum absolute atomic E-state index is 9.39. The Balaban J connectivity index is 1.69. The van der Waals surface area contributed by atoms with E-state index in [9.17, 15) is 5.11 Å². The van der Waals surface area contributed by atoms with Crippen molar-refractivity contribution in [2.45, 2.75) is 31.8 Å². The molecule has 1 aliphatic heterocycles. The summed E-state index contributed by atoms with van der Waals surface area (Å²) in [5, 5.41) is 17.4. The Morgan fingerprint density at radius 1 is 1.47 bits per heavy atom. The monoisotopic (exact) mass is 279 g/mol. The summed E-state index contributed by atoms with van der Waals surface area (Å²) in [4.78, 5) is 6.66. The van der Waals surface area contributed by atoms with Gasteiger partial charge in [0.25, 0.3) is 5.89 Å². The first kappa shape index (κ1) is 12.8. The van der Waals surface area contributed by atoms with Crippen LogP contribution in [0.2, 0.25) is 0 Å². The lowest BCUT2D eigenvalue weighted by molar-refractivity contribution is 0.0812. The number of likely N-dealkylation sites (tertiary alicyclic amines) is 1. The van der Waals surface area contributed by atoms with Crippen LogP contribution in [0.1, 0.15) is 25.1 Å². The van der Waals surface area contributed by atoms with E-state index in [0.29, 0.717) is 18.3 Å². The Morgan fingerprint density at radius 2 is 2.42 bits per heavy atom. The maximum Gasteiger partial charge on any atom is 0.258 e. The second-order valence-electron chi connectivity index (χ2n) is 4.83. The van der Waals surface area contributed by atoms with Gasteiger partial charge in [-0.3, -0.25) is 4.90 Å². The highest BCUT2D eigenvalue weighted by Crippen LogP contribution is 2.22. The van der Waals surface area contributed by atoms with E-state index in [4.69, 9.17) is 4.52 Å². The predicted molar refractivity (Wildman–Crippen MR) is 72.7 cm³/mol. The maximum atomic E-state index is 9.39. The molecule has 0 aliphatic carbocycles. The van der Waals surface area contributed by atoms with E-state index >= 15 is 0 Å². The van der Waals surface area contributed by atoms with Gasteiger partial charge in [0, 0.05) is 11.4 Å². The standard InChI is InChI=1S/C13H17N3O2S/c17-8-11-3-1-2-5-16(11)7-12-14-13(18-15-12)10-4-6-19-9-10/h4,6,9,11,17H,1-3,5,7-8H2. The minimum absolute atomic E-state index is 0.204. The molecule has 3 heterocycles. The smallest absolute Gasteiger partial charge is 0.258 e. The average Bonchev–Trinajstić information content (AvgIpc) is 3.09. The Hall–Kier alpha value is -1.24. The van der Waals surface area contributed by atoms with Gasteiger partial charge in [-0.25, -0.2) is 0 Å². The fourth-order valence-electron chi connectivity index (χ4n) is 2.48. The van der Waals surface area contributed by atoms with E-state index in [1.165, 1.54) is 12.8 Å². The summed E-state index contributed by atoms with van der Waals surface area (Å²) in [6.45, 7) is 1.85. The summed E-state index contributed by atoms with van der Waals surface area (Å²) in [6, 6.07) is 2.20. The zero-order chi connectivity index (χ0) is 13.1. The van der Waals surface area contributed by atoms with Crippen molar-refractivity contribution in [2.75, 3.05) is 13.2 Å². The lowest BCUT2D eigenvalue weighted by Crippen LogP contribution is -2.41. The zero-order valence-electron chi connectivity index (χ0n) is 10.7. The summed E-state index contributed by atoms with van der Waals surface area (Å²) in [7, 11) is 0. The van der Waals surface area contributed by atoms with Crippen LogP contribution in [0.3, 0.4) is 0 Å². The predicted octanol–water partition coefficient (Wildman–Crippen LogP) is 2.14. The van der Waals surface area contributed by atoms with E-state index in [1.54, 1.807) is 11.3 Å². The van der Waals surface area contributed by atoms with Crippen LogP contribution in [-0.2, 0) is 6.54 Å². The summed E-state index contributed by atoms with van der Waals surface area (Å²) >= 11 is 1.61. The number of aliphatic hydroxyl groups is 1. The van der Waals surface area contributed by atoms with Gasteiger partial charge in [0.15, 0.2) is 5.82 Å². The first-order chi connectivity index (χ1) is 9.36. The molecule has 19 heavy (non-hydrogen) atoms. The van der Waals surface area contributed by atoms with Crippen molar-refractivity contribution in [1.82, 2.24) is 15.0 Å². The first-order valence-electron chi connectivity index (χ1n) is 6.57. The molecule has 2 aromatic rings. The molecule has 2 aromatic heterocycles. The summed E-state index contributed by atoms with van der Waals surface area (Å²) < 4.78 is 5.28. The number of piperidine rings is 1. The van der Waals surface area contributed by atoms with Crippen molar-refractivity contribution >= 4 is 11.3 Å². The molecule has 1 unspecified atom stereocenters. The quantitative estimate of drug-likeness (QED) is 0.929. The number of hydrogen-bond donors (Lipinski definition) is 1. The molecule has 0 aromatic carbocycles. The molecule has 0 spiro atoms. The SMILES string of the molecule is OCC1CCCCN1Cc1noc(-c2ccsc2)n1. The van der Waals surface area contributed by atoms with Gasteiger partial charge >= 0.3 is 0 Å². The third kappa shape index (κ3) is 2.86. The number of aliphatic hydroxyl groups excluding tert-OH is 1. The highest BCUT2D eigenvalue weighted by Gasteiger charge is 2.23. The van der Waals surface area contributed by atoms with Crippen LogP contribution in [-0.4, -0.2) is 39.3 Å². The molecule has 3 rings (SSSR count). The van der Waals surface area contributed by atoms with Crippen molar-refractivity contribution in [2.24, 2.45) is 0 Å². The van der Waals surface area contributed by atoms with Crippen molar-refractivity contribution in [1.29, 1.82) is 0 Å². The van der Waals surface area contributed by atoms with Gasteiger partial charge in [0.05, 0.1) is 18.7 Å². The van der Waals surface area contributed by atoms with E-state index < -0.39 is 0 Å². The van der Waals surface area contributed by atoms with Crippen LogP contribution in [0.25, 0.3) is 11.5 Å². The van der Waals surface area contributed by atoms with E-state index in [-0.39, 0.29) is 12.6 Å². The minimum atomic E-state index is 0.204. The average molecular weight is 279 g/mol. The van der Waals surface area contributed by atoms with Gasteiger partial charge in [-0.2, -0.15) is 16.3 Å². The molecule has 1 fully saturated rings. The lowest BCUT2D eigenvalue weighted by atomic mass is 10.0. The van der Waals surface area contributed by atoms with Crippen LogP contribution in [0.4, 0.5) is 0 Å². The molecule has 0 saturated carbocycles. The fourth-order valence-corrected chi connectivity index (χ4v) is 3.11. The minimum Gasteiger partial charge on any atom is -0.395 e. The molecule has 0 amide bonds. The van der Waals surface area contributed by atoms with Crippen LogP contribution >= 0.6 is 11.3 Å². The molecule has 1 saturated heterocycles. The zero-order valence-corrected chi connectivity index (χ0v) is 11.5. The molecule has 0 radical (unpaired) electrons. The number of rotatable bonds is 4. The van der Waals surface area contributed by atoms with Gasteiger partial charge in [-0.1, -0.05) is 11.6 Å². The Morgan fingerprint density at radius 3 is 3.21 bits per heavy atom. The summed E-state index contributed by atoms with van der Waals surface area (Å²) in [5.74, 6) is 1.27. The second-order valence-corrected chi connectivity index (χ2v) is 5.61. The number of thiophene rings is 1. The molecule has 1 aliphatic rings. The summed E-state index contributed by atoms with van der Waals surface area (Å²) in [6.07, 6.45) is 3.41. The Kier molecular flexibility index (Phi) is 3.91. The largest absolute Gasteiger partial charge is 0.395 e. The number of aromatic nitrogens is 2. The van der Waals surface area contributed by atoms with Crippen molar-refractivity contribution in [3.05, 3.63) is 22.7 Å². The van der Waals surface area contributed by atoms with Crippen molar-refractivity contribution in [3.8, 4) is 11.5 Å². The highest BCUT2D eigenvalue weighted by molar-refractivity contribution is 7.08. The van der Waals surface area contributed by atoms with Gasteiger partial charge in [-0.05, 0) is 30.8 Å². The highest BCUT2D eigenvalue weighted by atomic mass is 32.1. The third-order valence-electron chi connectivity index (χ3n) is 3.54. The van der Waals surface area contributed by atoms with Crippen molar-refractivity contribution < 1.29 is 9.63 Å². The lowest BCUT2D eigenvalue weighted by Gasteiger charge is -2.33. The Labute approximate surface area is 115 Å². The van der Waals surface area contributed by atoms with Crippen LogP contribution in [0.5, 0.6) is 0 Å². The third-order valence-corrected chi connectivity index (χ3v) is 4.22. The molecular weight excluding hydrogens is 262 g/mol. The van der Waals surface area contributed by atoms with Crippen molar-refractivity contribution in [3.63, 3.8) is 0 Å². The van der Waals surface area contributed by atoms with Gasteiger partial charge in [-0.15, -0.1) is 0 Å². The first-order valence-corrected chi connectivity index (χ1v) is 7.51. The van der Waals surface area contributed by atoms with E-state index in [1.807, 2.05) is 16.8 Å². The fraction of sp³-hybridized carbons (Fsp3) is 0.538. The molecule has 5 nitrogen and oxygen atoms in total. The Bertz CT molecular complexity index is 512. The number of hydrogen-bond acceptors (Lipinski definition) is 6. The van der Waals surface area contributed by atoms with Crippen LogP contribution in [0, 0.1) is 0 Å². The summed E-state index contributed by atoms with van der Waals surface area (Å²) in [5.41, 5.74) is 0.973.